The highest BCUT2D eigenvalue weighted by Crippen LogP contribution is 2.43. The van der Waals surface area contributed by atoms with Crippen LogP contribution in [0.25, 0.3) is 0 Å². The van der Waals surface area contributed by atoms with Crippen LogP contribution in [0, 0.1) is 5.82 Å². The topological polar surface area (TPSA) is 38.8 Å². The predicted molar refractivity (Wildman–Crippen MR) is 119 cm³/mol. The number of hydrogen-bond donors (Lipinski definition) is 0. The summed E-state index contributed by atoms with van der Waals surface area (Å²) in [4.78, 5) is 15.1. The van der Waals surface area contributed by atoms with Gasteiger partial charge in [-0.3, -0.25) is 4.79 Å². The maximum absolute atomic E-state index is 14.6. The number of nitrogens with zero attached hydrogens (tertiary/aromatic N) is 1. The van der Waals surface area contributed by atoms with Gasteiger partial charge in [0.05, 0.1) is 30.8 Å². The first-order chi connectivity index (χ1) is 15.0. The van der Waals surface area contributed by atoms with Gasteiger partial charge < -0.3 is 14.4 Å². The second-order valence-corrected chi connectivity index (χ2v) is 7.99. The highest BCUT2D eigenvalue weighted by molar-refractivity contribution is 6.34. The molecule has 0 aliphatic carbocycles. The molecule has 4 rings (SSSR count). The van der Waals surface area contributed by atoms with Crippen LogP contribution in [-0.2, 0) is 6.42 Å². The quantitative estimate of drug-likeness (QED) is 0.484. The molecule has 0 saturated heterocycles. The second-order valence-electron chi connectivity index (χ2n) is 7.18. The maximum Gasteiger partial charge on any atom is 0.259 e. The lowest BCUT2D eigenvalue weighted by molar-refractivity contribution is 0.0689. The minimum atomic E-state index is -0.659. The van der Waals surface area contributed by atoms with E-state index in [-0.39, 0.29) is 10.6 Å². The Bertz CT molecular complexity index is 1130. The predicted octanol–water partition coefficient (Wildman–Crippen LogP) is 5.94. The zero-order valence-electron chi connectivity index (χ0n) is 17.0. The van der Waals surface area contributed by atoms with Gasteiger partial charge in [-0.1, -0.05) is 47.5 Å². The van der Waals surface area contributed by atoms with Gasteiger partial charge in [0, 0.05) is 11.6 Å². The molecule has 1 aliphatic heterocycles. The lowest BCUT2D eigenvalue weighted by Crippen LogP contribution is -2.41. The molecule has 0 radical (unpaired) electrons. The molecule has 0 unspecified atom stereocenters. The summed E-state index contributed by atoms with van der Waals surface area (Å²) in [6.45, 7) is 0.363. The minimum Gasteiger partial charge on any atom is -0.493 e. The Kier molecular flexibility index (Phi) is 6.08. The number of carbonyl (C=O) groups excluding carboxylic acids is 1. The summed E-state index contributed by atoms with van der Waals surface area (Å²) >= 11 is 12.7. The SMILES string of the molecule is COc1cc2c(cc1OC)[C@H](c1ccccc1Cl)N(C(=O)c1c(F)cccc1Cl)CC2. The van der Waals surface area contributed by atoms with Gasteiger partial charge >= 0.3 is 0 Å². The van der Waals surface area contributed by atoms with E-state index in [1.54, 1.807) is 25.2 Å². The zero-order chi connectivity index (χ0) is 22.1. The molecule has 0 bridgehead atoms. The Hall–Kier alpha value is -2.76. The molecule has 0 saturated carbocycles. The van der Waals surface area contributed by atoms with E-state index in [2.05, 4.69) is 0 Å². The molecule has 160 valence electrons. The number of benzene rings is 3. The maximum atomic E-state index is 14.6. The van der Waals surface area contributed by atoms with Gasteiger partial charge in [-0.25, -0.2) is 4.39 Å². The molecule has 1 atom stereocenters. The number of fused-ring (bicyclic) bond motifs is 1. The molecule has 3 aromatic rings. The summed E-state index contributed by atoms with van der Waals surface area (Å²) < 4.78 is 25.5. The van der Waals surface area contributed by atoms with Crippen molar-refractivity contribution in [2.24, 2.45) is 0 Å². The first-order valence-electron chi connectivity index (χ1n) is 9.70. The highest BCUT2D eigenvalue weighted by Gasteiger charge is 2.36. The number of halogens is 3. The third-order valence-corrected chi connectivity index (χ3v) is 6.17. The Balaban J connectivity index is 1.91. The van der Waals surface area contributed by atoms with Crippen molar-refractivity contribution in [3.63, 3.8) is 0 Å². The molecule has 1 amide bonds. The summed E-state index contributed by atoms with van der Waals surface area (Å²) in [5, 5.41) is 0.577. The number of methoxy groups -OCH3 is 2. The van der Waals surface area contributed by atoms with E-state index in [1.807, 2.05) is 30.3 Å². The van der Waals surface area contributed by atoms with Gasteiger partial charge in [-0.15, -0.1) is 0 Å². The standard InChI is InChI=1S/C24H20Cl2FNO3/c1-30-20-12-14-10-11-28(24(29)22-18(26)8-5-9-19(22)27)23(16(14)13-21(20)31-2)15-6-3-4-7-17(15)25/h3-9,12-13,23H,10-11H2,1-2H3/t23-/m0/s1. The molecule has 0 aromatic heterocycles. The van der Waals surface area contributed by atoms with Gasteiger partial charge in [0.2, 0.25) is 0 Å². The molecule has 0 N–H and O–H groups in total. The lowest BCUT2D eigenvalue weighted by Gasteiger charge is -2.38. The van der Waals surface area contributed by atoms with Gasteiger partial charge in [0.25, 0.3) is 5.91 Å². The Morgan fingerprint density at radius 2 is 1.65 bits per heavy atom. The summed E-state index contributed by atoms with van der Waals surface area (Å²) in [7, 11) is 3.13. The lowest BCUT2D eigenvalue weighted by atomic mass is 9.87. The van der Waals surface area contributed by atoms with Crippen molar-refractivity contribution < 1.29 is 18.7 Å². The van der Waals surface area contributed by atoms with E-state index in [0.29, 0.717) is 29.5 Å². The highest BCUT2D eigenvalue weighted by atomic mass is 35.5. The van der Waals surface area contributed by atoms with Crippen molar-refractivity contribution in [2.75, 3.05) is 20.8 Å². The van der Waals surface area contributed by atoms with Crippen LogP contribution in [0.15, 0.2) is 54.6 Å². The fourth-order valence-electron chi connectivity index (χ4n) is 4.04. The summed E-state index contributed by atoms with van der Waals surface area (Å²) in [6.07, 6.45) is 0.564. The van der Waals surface area contributed by atoms with Gasteiger partial charge in [-0.2, -0.15) is 0 Å². The Morgan fingerprint density at radius 3 is 2.32 bits per heavy atom. The minimum absolute atomic E-state index is 0.0704. The molecule has 0 spiro atoms. The molecule has 1 heterocycles. The largest absolute Gasteiger partial charge is 0.493 e. The normalized spacial score (nSPS) is 15.4. The second kappa shape index (κ2) is 8.77. The number of carbonyl (C=O) groups is 1. The van der Waals surface area contributed by atoms with Gasteiger partial charge in [0.15, 0.2) is 11.5 Å². The van der Waals surface area contributed by atoms with Crippen molar-refractivity contribution in [1.82, 2.24) is 4.90 Å². The Morgan fingerprint density at radius 1 is 0.968 bits per heavy atom. The Labute approximate surface area is 190 Å². The van der Waals surface area contributed by atoms with Crippen LogP contribution < -0.4 is 9.47 Å². The number of amides is 1. The molecule has 0 fully saturated rings. The number of ether oxygens (including phenoxy) is 2. The van der Waals surface area contributed by atoms with Crippen molar-refractivity contribution >= 4 is 29.1 Å². The van der Waals surface area contributed by atoms with Crippen LogP contribution in [0.1, 0.15) is 33.1 Å². The van der Waals surface area contributed by atoms with Crippen LogP contribution in [0.2, 0.25) is 10.0 Å². The van der Waals surface area contributed by atoms with E-state index in [9.17, 15) is 9.18 Å². The van der Waals surface area contributed by atoms with Crippen LogP contribution in [-0.4, -0.2) is 31.6 Å². The van der Waals surface area contributed by atoms with Crippen molar-refractivity contribution in [3.05, 3.63) is 92.7 Å². The third kappa shape index (κ3) is 3.84. The van der Waals surface area contributed by atoms with E-state index in [1.165, 1.54) is 18.2 Å². The molecule has 31 heavy (non-hydrogen) atoms. The van der Waals surface area contributed by atoms with Gasteiger partial charge in [-0.05, 0) is 53.4 Å². The van der Waals surface area contributed by atoms with Crippen LogP contribution >= 0.6 is 23.2 Å². The van der Waals surface area contributed by atoms with E-state index in [4.69, 9.17) is 32.7 Å². The van der Waals surface area contributed by atoms with Crippen molar-refractivity contribution in [2.45, 2.75) is 12.5 Å². The van der Waals surface area contributed by atoms with Crippen molar-refractivity contribution in [1.29, 1.82) is 0 Å². The fourth-order valence-corrected chi connectivity index (χ4v) is 4.53. The van der Waals surface area contributed by atoms with E-state index in [0.717, 1.165) is 16.7 Å². The molecular formula is C24H20Cl2FNO3. The van der Waals surface area contributed by atoms with Crippen LogP contribution in [0.3, 0.4) is 0 Å². The molecule has 4 nitrogen and oxygen atoms in total. The van der Waals surface area contributed by atoms with E-state index >= 15 is 0 Å². The summed E-state index contributed by atoms with van der Waals surface area (Å²) in [6, 6.07) is 14.7. The molecular weight excluding hydrogens is 440 g/mol. The summed E-state index contributed by atoms with van der Waals surface area (Å²) in [5.74, 6) is -0.00502. The first-order valence-corrected chi connectivity index (χ1v) is 10.5. The number of hydrogen-bond acceptors (Lipinski definition) is 3. The van der Waals surface area contributed by atoms with Crippen LogP contribution in [0.4, 0.5) is 4.39 Å². The fraction of sp³-hybridized carbons (Fsp3) is 0.208. The first kappa shape index (κ1) is 21.5. The monoisotopic (exact) mass is 459 g/mol. The average molecular weight is 460 g/mol. The zero-order valence-corrected chi connectivity index (χ0v) is 18.5. The summed E-state index contributed by atoms with van der Waals surface area (Å²) in [5.41, 5.74) is 2.44. The van der Waals surface area contributed by atoms with E-state index < -0.39 is 17.8 Å². The third-order valence-electron chi connectivity index (χ3n) is 5.51. The average Bonchev–Trinajstić information content (AvgIpc) is 2.77. The smallest absolute Gasteiger partial charge is 0.259 e. The number of rotatable bonds is 4. The molecule has 1 aliphatic rings. The molecule has 3 aromatic carbocycles. The van der Waals surface area contributed by atoms with Crippen LogP contribution in [0.5, 0.6) is 11.5 Å². The molecule has 7 heteroatoms. The van der Waals surface area contributed by atoms with Crippen molar-refractivity contribution in [3.8, 4) is 11.5 Å². The van der Waals surface area contributed by atoms with Gasteiger partial charge in [0.1, 0.15) is 5.82 Å².